The van der Waals surface area contributed by atoms with Crippen LogP contribution in [0.3, 0.4) is 0 Å². The third-order valence-electron chi connectivity index (χ3n) is 4.07. The maximum absolute atomic E-state index is 11.7. The molecule has 2 aromatic rings. The van der Waals surface area contributed by atoms with Gasteiger partial charge in [0.05, 0.1) is 17.4 Å². The summed E-state index contributed by atoms with van der Waals surface area (Å²) in [4.78, 5) is 23.9. The molecule has 1 fully saturated rings. The zero-order valence-corrected chi connectivity index (χ0v) is 13.4. The fraction of sp³-hybridized carbons (Fsp3) is 0.438. The first-order chi connectivity index (χ1) is 10.1. The second-order valence-corrected chi connectivity index (χ2v) is 6.71. The van der Waals surface area contributed by atoms with Crippen molar-refractivity contribution in [1.29, 1.82) is 0 Å². The van der Waals surface area contributed by atoms with Gasteiger partial charge in [-0.25, -0.2) is 4.98 Å². The molecule has 0 unspecified atom stereocenters. The van der Waals surface area contributed by atoms with E-state index in [9.17, 15) is 4.79 Å². The molecule has 0 spiro atoms. The van der Waals surface area contributed by atoms with Gasteiger partial charge in [0, 0.05) is 24.5 Å². The Labute approximate surface area is 128 Å². The van der Waals surface area contributed by atoms with Crippen LogP contribution in [0, 0.1) is 13.8 Å². The first-order valence-electron chi connectivity index (χ1n) is 7.24. The van der Waals surface area contributed by atoms with Gasteiger partial charge in [-0.3, -0.25) is 9.78 Å². The molecule has 0 saturated carbocycles. The van der Waals surface area contributed by atoms with Crippen molar-refractivity contribution >= 4 is 17.2 Å². The minimum atomic E-state index is 0.150. The molecule has 0 aliphatic carbocycles. The van der Waals surface area contributed by atoms with Crippen LogP contribution in [-0.4, -0.2) is 27.3 Å². The van der Waals surface area contributed by atoms with Gasteiger partial charge in [0.15, 0.2) is 0 Å². The Kier molecular flexibility index (Phi) is 3.76. The Morgan fingerprint density at radius 2 is 2.24 bits per heavy atom. The number of hydrogen-bond donors (Lipinski definition) is 0. The van der Waals surface area contributed by atoms with Crippen LogP contribution in [0.15, 0.2) is 18.3 Å². The average Bonchev–Trinajstić information content (AvgIpc) is 3.07. The summed E-state index contributed by atoms with van der Waals surface area (Å²) in [6, 6.07) is 4.29. The molecule has 5 heteroatoms. The highest BCUT2D eigenvalue weighted by molar-refractivity contribution is 7.15. The van der Waals surface area contributed by atoms with Crippen LogP contribution < -0.4 is 0 Å². The average molecular weight is 301 g/mol. The Balaban J connectivity index is 1.95. The topological polar surface area (TPSA) is 46.1 Å². The van der Waals surface area contributed by atoms with Crippen molar-refractivity contribution in [1.82, 2.24) is 14.9 Å². The Morgan fingerprint density at radius 3 is 2.90 bits per heavy atom. The number of aromatic nitrogens is 2. The van der Waals surface area contributed by atoms with E-state index in [2.05, 4.69) is 23.0 Å². The Hall–Kier alpha value is -1.75. The number of pyridine rings is 1. The molecule has 1 aliphatic heterocycles. The lowest BCUT2D eigenvalue weighted by Crippen LogP contribution is -2.28. The van der Waals surface area contributed by atoms with Gasteiger partial charge >= 0.3 is 0 Å². The van der Waals surface area contributed by atoms with Crippen LogP contribution in [0.5, 0.6) is 0 Å². The molecule has 0 N–H and O–H groups in total. The molecule has 1 saturated heterocycles. The molecular formula is C16H19N3OS. The second-order valence-electron chi connectivity index (χ2n) is 5.51. The zero-order chi connectivity index (χ0) is 15.0. The minimum absolute atomic E-state index is 0.150. The molecule has 3 heterocycles. The quantitative estimate of drug-likeness (QED) is 0.853. The van der Waals surface area contributed by atoms with Crippen molar-refractivity contribution in [3.63, 3.8) is 0 Å². The van der Waals surface area contributed by atoms with Gasteiger partial charge in [-0.05, 0) is 44.4 Å². The molecule has 3 rings (SSSR count). The van der Waals surface area contributed by atoms with Gasteiger partial charge in [-0.15, -0.1) is 11.3 Å². The van der Waals surface area contributed by atoms with Crippen molar-refractivity contribution in [3.8, 4) is 10.7 Å². The van der Waals surface area contributed by atoms with Crippen molar-refractivity contribution in [2.24, 2.45) is 0 Å². The number of carbonyl (C=O) groups is 1. The fourth-order valence-electron chi connectivity index (χ4n) is 2.84. The van der Waals surface area contributed by atoms with Crippen LogP contribution in [0.4, 0.5) is 0 Å². The largest absolute Gasteiger partial charge is 0.336 e. The van der Waals surface area contributed by atoms with Gasteiger partial charge < -0.3 is 4.90 Å². The molecule has 2 aromatic heterocycles. The number of amides is 1. The smallest absolute Gasteiger partial charge is 0.219 e. The first-order valence-corrected chi connectivity index (χ1v) is 8.05. The normalized spacial score (nSPS) is 18.2. The Bertz CT molecular complexity index is 660. The summed E-state index contributed by atoms with van der Waals surface area (Å²) < 4.78 is 0. The van der Waals surface area contributed by atoms with Crippen LogP contribution in [0.25, 0.3) is 10.7 Å². The zero-order valence-electron chi connectivity index (χ0n) is 12.6. The van der Waals surface area contributed by atoms with Gasteiger partial charge in [0.1, 0.15) is 5.01 Å². The number of carbonyl (C=O) groups excluding carboxylic acids is 1. The van der Waals surface area contributed by atoms with Gasteiger partial charge in [-0.2, -0.15) is 0 Å². The molecule has 21 heavy (non-hydrogen) atoms. The molecule has 110 valence electrons. The highest BCUT2D eigenvalue weighted by Gasteiger charge is 2.28. The first kappa shape index (κ1) is 14.2. The molecule has 0 aromatic carbocycles. The summed E-state index contributed by atoms with van der Waals surface area (Å²) in [6.07, 6.45) is 3.92. The van der Waals surface area contributed by atoms with Gasteiger partial charge in [-0.1, -0.05) is 0 Å². The highest BCUT2D eigenvalue weighted by atomic mass is 32.1. The highest BCUT2D eigenvalue weighted by Crippen LogP contribution is 2.34. The van der Waals surface area contributed by atoms with E-state index in [-0.39, 0.29) is 11.9 Å². The standard InChI is InChI=1S/C16H19N3OS/c1-10-11(2)21-16(18-10)14-9-13(6-7-17-14)15-5-4-8-19(15)12(3)20/h6-7,9,15H,4-5,8H2,1-3H3/t15-/m1/s1. The van der Waals surface area contributed by atoms with Crippen molar-refractivity contribution in [2.45, 2.75) is 39.7 Å². The van der Waals surface area contributed by atoms with Crippen LogP contribution in [0.2, 0.25) is 0 Å². The molecule has 1 atom stereocenters. The fourth-order valence-corrected chi connectivity index (χ4v) is 3.73. The third-order valence-corrected chi connectivity index (χ3v) is 5.17. The summed E-state index contributed by atoms with van der Waals surface area (Å²) >= 11 is 1.67. The summed E-state index contributed by atoms with van der Waals surface area (Å²) in [5, 5.41) is 0.958. The summed E-state index contributed by atoms with van der Waals surface area (Å²) in [5.41, 5.74) is 3.13. The van der Waals surface area contributed by atoms with Crippen LogP contribution >= 0.6 is 11.3 Å². The van der Waals surface area contributed by atoms with E-state index in [1.807, 2.05) is 24.1 Å². The molecule has 0 bridgehead atoms. The number of nitrogens with zero attached hydrogens (tertiary/aromatic N) is 3. The molecule has 1 amide bonds. The Morgan fingerprint density at radius 1 is 1.43 bits per heavy atom. The van der Waals surface area contributed by atoms with Gasteiger partial charge in [0.2, 0.25) is 5.91 Å². The van der Waals surface area contributed by atoms with E-state index in [0.717, 1.165) is 35.8 Å². The van der Waals surface area contributed by atoms with Crippen molar-refractivity contribution in [3.05, 3.63) is 34.5 Å². The van der Waals surface area contributed by atoms with E-state index in [1.54, 1.807) is 18.3 Å². The summed E-state index contributed by atoms with van der Waals surface area (Å²) in [7, 11) is 0. The summed E-state index contributed by atoms with van der Waals surface area (Å²) in [5.74, 6) is 0.150. The van der Waals surface area contributed by atoms with E-state index < -0.39 is 0 Å². The second kappa shape index (κ2) is 5.56. The molecular weight excluding hydrogens is 282 g/mol. The molecule has 1 aliphatic rings. The number of aryl methyl sites for hydroxylation is 2. The lowest BCUT2D eigenvalue weighted by molar-refractivity contribution is -0.129. The maximum Gasteiger partial charge on any atom is 0.219 e. The summed E-state index contributed by atoms with van der Waals surface area (Å²) in [6.45, 7) is 6.60. The van der Waals surface area contributed by atoms with Crippen LogP contribution in [0.1, 0.15) is 41.9 Å². The number of thiazole rings is 1. The molecule has 4 nitrogen and oxygen atoms in total. The predicted molar refractivity (Wildman–Crippen MR) is 84.2 cm³/mol. The predicted octanol–water partition coefficient (Wildman–Crippen LogP) is 3.51. The van der Waals surface area contributed by atoms with Crippen molar-refractivity contribution < 1.29 is 4.79 Å². The number of rotatable bonds is 2. The lowest BCUT2D eigenvalue weighted by Gasteiger charge is -2.23. The lowest BCUT2D eigenvalue weighted by atomic mass is 10.0. The molecule has 0 radical (unpaired) electrons. The van der Waals surface area contributed by atoms with Crippen molar-refractivity contribution in [2.75, 3.05) is 6.54 Å². The maximum atomic E-state index is 11.7. The minimum Gasteiger partial charge on any atom is -0.336 e. The van der Waals surface area contributed by atoms with E-state index >= 15 is 0 Å². The van der Waals surface area contributed by atoms with Gasteiger partial charge in [0.25, 0.3) is 0 Å². The van der Waals surface area contributed by atoms with Crippen LogP contribution in [-0.2, 0) is 4.79 Å². The van der Waals surface area contributed by atoms with E-state index in [1.165, 1.54) is 10.4 Å². The van der Waals surface area contributed by atoms with E-state index in [0.29, 0.717) is 0 Å². The number of hydrogen-bond acceptors (Lipinski definition) is 4. The third kappa shape index (κ3) is 2.70. The van der Waals surface area contributed by atoms with E-state index in [4.69, 9.17) is 0 Å². The monoisotopic (exact) mass is 301 g/mol. The SMILES string of the molecule is CC(=O)N1CCC[C@@H]1c1ccnc(-c2nc(C)c(C)s2)c1. The number of likely N-dealkylation sites (tertiary alicyclic amines) is 1.